The minimum absolute atomic E-state index is 0.0815. The van der Waals surface area contributed by atoms with Gasteiger partial charge in [0.2, 0.25) is 0 Å². The molecule has 0 unspecified atom stereocenters. The number of hydrogen-bond acceptors (Lipinski definition) is 4. The lowest BCUT2D eigenvalue weighted by Crippen LogP contribution is -2.09. The summed E-state index contributed by atoms with van der Waals surface area (Å²) in [5.41, 5.74) is 1.52. The normalized spacial score (nSPS) is 14.4. The van der Waals surface area contributed by atoms with Gasteiger partial charge in [0.1, 0.15) is 0 Å². The summed E-state index contributed by atoms with van der Waals surface area (Å²) in [6, 6.07) is 2.59. The number of alkyl halides is 3. The molecule has 0 aliphatic heterocycles. The van der Waals surface area contributed by atoms with E-state index in [0.717, 1.165) is 12.3 Å². The lowest BCUT2D eigenvalue weighted by molar-refractivity contribution is -0.137. The first-order chi connectivity index (χ1) is 11.6. The number of fused-ring (bicyclic) bond motifs is 1. The Morgan fingerprint density at radius 2 is 1.88 bits per heavy atom. The van der Waals surface area contributed by atoms with Crippen LogP contribution in [0, 0.1) is 6.92 Å². The van der Waals surface area contributed by atoms with E-state index in [9.17, 15) is 21.6 Å². The number of aromatic nitrogens is 2. The first kappa shape index (κ1) is 17.6. The minimum atomic E-state index is -4.47. The SMILES string of the molecule is CCS(=O)(=O)c1cc(C)cnc1C1=Cc2ncc(C(F)(F)F)cc2C1. The molecule has 0 N–H and O–H groups in total. The van der Waals surface area contributed by atoms with Gasteiger partial charge in [-0.1, -0.05) is 6.92 Å². The van der Waals surface area contributed by atoms with Gasteiger partial charge in [0.15, 0.2) is 9.84 Å². The van der Waals surface area contributed by atoms with Crippen LogP contribution in [0.4, 0.5) is 13.2 Å². The fourth-order valence-corrected chi connectivity index (χ4v) is 3.85. The van der Waals surface area contributed by atoms with Crippen molar-refractivity contribution in [3.63, 3.8) is 0 Å². The number of allylic oxidation sites excluding steroid dienone is 1. The van der Waals surface area contributed by atoms with Crippen LogP contribution >= 0.6 is 0 Å². The van der Waals surface area contributed by atoms with Gasteiger partial charge in [-0.2, -0.15) is 13.2 Å². The Morgan fingerprint density at radius 3 is 2.52 bits per heavy atom. The monoisotopic (exact) mass is 368 g/mol. The molecule has 2 aromatic rings. The molecule has 25 heavy (non-hydrogen) atoms. The van der Waals surface area contributed by atoms with Crippen LogP contribution in [0.15, 0.2) is 29.4 Å². The van der Waals surface area contributed by atoms with Crippen molar-refractivity contribution >= 4 is 21.5 Å². The molecule has 0 bridgehead atoms. The highest BCUT2D eigenvalue weighted by Gasteiger charge is 2.33. The van der Waals surface area contributed by atoms with E-state index in [1.54, 1.807) is 25.3 Å². The van der Waals surface area contributed by atoms with E-state index in [1.165, 1.54) is 6.92 Å². The molecule has 2 heterocycles. The zero-order valence-corrected chi connectivity index (χ0v) is 14.4. The third kappa shape index (κ3) is 3.30. The molecule has 0 radical (unpaired) electrons. The van der Waals surface area contributed by atoms with Gasteiger partial charge in [0.05, 0.1) is 27.6 Å². The summed E-state index contributed by atoms with van der Waals surface area (Å²) in [6.07, 6.45) is -0.382. The number of halogens is 3. The van der Waals surface area contributed by atoms with Gasteiger partial charge < -0.3 is 0 Å². The molecule has 8 heteroatoms. The van der Waals surface area contributed by atoms with E-state index >= 15 is 0 Å². The molecule has 0 saturated heterocycles. The third-order valence-electron chi connectivity index (χ3n) is 4.03. The highest BCUT2D eigenvalue weighted by atomic mass is 32.2. The van der Waals surface area contributed by atoms with Crippen molar-refractivity contribution in [3.05, 3.63) is 52.6 Å². The van der Waals surface area contributed by atoms with Crippen molar-refractivity contribution < 1.29 is 21.6 Å². The summed E-state index contributed by atoms with van der Waals surface area (Å²) < 4.78 is 63.2. The molecule has 0 atom stereocenters. The van der Waals surface area contributed by atoms with Crippen molar-refractivity contribution in [1.82, 2.24) is 9.97 Å². The van der Waals surface area contributed by atoms with E-state index in [1.807, 2.05) is 0 Å². The predicted octanol–water partition coefficient (Wildman–Crippen LogP) is 3.69. The molecule has 132 valence electrons. The molecule has 0 amide bonds. The van der Waals surface area contributed by atoms with Crippen LogP contribution in [0.1, 0.15) is 35.0 Å². The van der Waals surface area contributed by atoms with Crippen LogP contribution in [0.25, 0.3) is 11.6 Å². The van der Waals surface area contributed by atoms with Crippen LogP contribution in [0.3, 0.4) is 0 Å². The Labute approximate surface area is 143 Å². The van der Waals surface area contributed by atoms with Crippen molar-refractivity contribution in [2.24, 2.45) is 0 Å². The number of rotatable bonds is 3. The Balaban J connectivity index is 2.06. The van der Waals surface area contributed by atoms with E-state index in [-0.39, 0.29) is 22.8 Å². The highest BCUT2D eigenvalue weighted by Crippen LogP contribution is 2.36. The number of pyridine rings is 2. The maximum atomic E-state index is 12.8. The van der Waals surface area contributed by atoms with Gasteiger partial charge in [-0.15, -0.1) is 0 Å². The van der Waals surface area contributed by atoms with E-state index < -0.39 is 21.6 Å². The lowest BCUT2D eigenvalue weighted by atomic mass is 10.1. The molecule has 2 aromatic heterocycles. The summed E-state index contributed by atoms with van der Waals surface area (Å²) in [5, 5.41) is 0. The van der Waals surface area contributed by atoms with E-state index in [4.69, 9.17) is 0 Å². The van der Waals surface area contributed by atoms with Crippen LogP contribution < -0.4 is 0 Å². The Hall–Kier alpha value is -2.22. The maximum absolute atomic E-state index is 12.8. The zero-order valence-electron chi connectivity index (χ0n) is 13.6. The zero-order chi connectivity index (χ0) is 18.4. The second-order valence-electron chi connectivity index (χ2n) is 5.88. The fourth-order valence-electron chi connectivity index (χ4n) is 2.70. The number of sulfone groups is 1. The molecule has 0 spiro atoms. The summed E-state index contributed by atoms with van der Waals surface area (Å²) >= 11 is 0. The minimum Gasteiger partial charge on any atom is -0.256 e. The summed E-state index contributed by atoms with van der Waals surface area (Å²) in [7, 11) is -3.51. The van der Waals surface area contributed by atoms with E-state index in [2.05, 4.69) is 9.97 Å². The predicted molar refractivity (Wildman–Crippen MR) is 87.5 cm³/mol. The van der Waals surface area contributed by atoms with Gasteiger partial charge >= 0.3 is 6.18 Å². The lowest BCUT2D eigenvalue weighted by Gasteiger charge is -2.10. The first-order valence-corrected chi connectivity index (χ1v) is 9.23. The van der Waals surface area contributed by atoms with Gasteiger partial charge in [0, 0.05) is 18.8 Å². The Kier molecular flexibility index (Phi) is 4.18. The van der Waals surface area contributed by atoms with Crippen LogP contribution in [0.2, 0.25) is 0 Å². The van der Waals surface area contributed by atoms with Crippen LogP contribution in [0.5, 0.6) is 0 Å². The molecule has 0 saturated carbocycles. The molecule has 1 aliphatic rings. The highest BCUT2D eigenvalue weighted by molar-refractivity contribution is 7.91. The molecule has 4 nitrogen and oxygen atoms in total. The van der Waals surface area contributed by atoms with Crippen LogP contribution in [-0.4, -0.2) is 24.1 Å². The molecular formula is C17H15F3N2O2S. The summed E-state index contributed by atoms with van der Waals surface area (Å²) in [6.45, 7) is 3.27. The van der Waals surface area contributed by atoms with Gasteiger partial charge in [-0.05, 0) is 41.8 Å². The molecule has 3 rings (SSSR count). The smallest absolute Gasteiger partial charge is 0.256 e. The molecule has 1 aliphatic carbocycles. The van der Waals surface area contributed by atoms with Crippen molar-refractivity contribution in [1.29, 1.82) is 0 Å². The van der Waals surface area contributed by atoms with Crippen molar-refractivity contribution in [3.8, 4) is 0 Å². The average Bonchev–Trinajstić information content (AvgIpc) is 2.96. The van der Waals surface area contributed by atoms with Gasteiger partial charge in [-0.25, -0.2) is 8.42 Å². The number of aryl methyl sites for hydroxylation is 1. The van der Waals surface area contributed by atoms with Crippen molar-refractivity contribution in [2.45, 2.75) is 31.3 Å². The van der Waals surface area contributed by atoms with Gasteiger partial charge in [0.25, 0.3) is 0 Å². The second-order valence-corrected chi connectivity index (χ2v) is 8.12. The largest absolute Gasteiger partial charge is 0.417 e. The van der Waals surface area contributed by atoms with E-state index in [0.29, 0.717) is 22.4 Å². The standard InChI is InChI=1S/C17H15F3N2O2S/c1-3-25(23,24)15-4-10(2)8-22-16(15)12-5-11-6-13(17(18,19)20)9-21-14(11)7-12/h4,6-9H,3,5H2,1-2H3. The maximum Gasteiger partial charge on any atom is 0.417 e. The quantitative estimate of drug-likeness (QED) is 0.829. The third-order valence-corrected chi connectivity index (χ3v) is 5.77. The molecule has 0 fully saturated rings. The van der Waals surface area contributed by atoms with Crippen LogP contribution in [-0.2, 0) is 22.4 Å². The summed E-state index contributed by atoms with van der Waals surface area (Å²) in [4.78, 5) is 8.19. The summed E-state index contributed by atoms with van der Waals surface area (Å²) in [5.74, 6) is -0.0815. The topological polar surface area (TPSA) is 59.9 Å². The fraction of sp³-hybridized carbons (Fsp3) is 0.294. The Bertz CT molecular complexity index is 980. The first-order valence-electron chi connectivity index (χ1n) is 7.58. The average molecular weight is 368 g/mol. The molecule has 0 aromatic carbocycles. The second kappa shape index (κ2) is 5.94. The number of nitrogens with zero attached hydrogens (tertiary/aromatic N) is 2. The van der Waals surface area contributed by atoms with Crippen molar-refractivity contribution in [2.75, 3.05) is 5.75 Å². The Morgan fingerprint density at radius 1 is 1.16 bits per heavy atom. The number of hydrogen-bond donors (Lipinski definition) is 0. The van der Waals surface area contributed by atoms with Gasteiger partial charge in [-0.3, -0.25) is 9.97 Å². The molecular weight excluding hydrogens is 353 g/mol.